The van der Waals surface area contributed by atoms with Crippen LogP contribution in [0.25, 0.3) is 11.3 Å². The molecular formula is C19H18N4O4S. The maximum Gasteiger partial charge on any atom is 0.254 e. The van der Waals surface area contributed by atoms with Crippen LogP contribution in [0.5, 0.6) is 5.75 Å². The molecule has 2 aromatic heterocycles. The van der Waals surface area contributed by atoms with Gasteiger partial charge in [0.25, 0.3) is 5.56 Å². The third-order valence-corrected chi connectivity index (χ3v) is 5.23. The Labute approximate surface area is 164 Å². The Balaban J connectivity index is 1.45. The Kier molecular flexibility index (Phi) is 5.16. The predicted molar refractivity (Wildman–Crippen MR) is 105 cm³/mol. The standard InChI is InChI=1S/C19H18N4O4S/c1-2-26-13-5-3-12(4-6-13)15-7-18(25)23(11-20-15)8-17(24)21-19-14-9-28-10-16(14)22-27-19/h3-7,11H,2,8-10H2,1H3,(H,21,24). The van der Waals surface area contributed by atoms with Gasteiger partial charge in [-0.1, -0.05) is 5.16 Å². The van der Waals surface area contributed by atoms with E-state index in [1.807, 2.05) is 31.2 Å². The number of rotatable bonds is 6. The lowest BCUT2D eigenvalue weighted by Crippen LogP contribution is -2.27. The highest BCUT2D eigenvalue weighted by Crippen LogP contribution is 2.34. The molecule has 0 radical (unpaired) electrons. The van der Waals surface area contributed by atoms with Crippen molar-refractivity contribution in [1.82, 2.24) is 14.7 Å². The third-order valence-electron chi connectivity index (χ3n) is 4.26. The first-order chi connectivity index (χ1) is 13.6. The molecule has 0 saturated heterocycles. The highest BCUT2D eigenvalue weighted by Gasteiger charge is 2.22. The first-order valence-corrected chi connectivity index (χ1v) is 9.94. The third kappa shape index (κ3) is 3.79. The van der Waals surface area contributed by atoms with Gasteiger partial charge in [0.1, 0.15) is 12.3 Å². The molecule has 1 aliphatic heterocycles. The van der Waals surface area contributed by atoms with Gasteiger partial charge in [-0.2, -0.15) is 11.8 Å². The molecule has 0 aliphatic carbocycles. The van der Waals surface area contributed by atoms with Crippen LogP contribution in [0.1, 0.15) is 18.2 Å². The predicted octanol–water partition coefficient (Wildman–Crippen LogP) is 2.68. The summed E-state index contributed by atoms with van der Waals surface area (Å²) >= 11 is 1.71. The summed E-state index contributed by atoms with van der Waals surface area (Å²) in [4.78, 5) is 29.0. The smallest absolute Gasteiger partial charge is 0.254 e. The van der Waals surface area contributed by atoms with Crippen molar-refractivity contribution in [2.45, 2.75) is 25.0 Å². The van der Waals surface area contributed by atoms with Gasteiger partial charge in [0, 0.05) is 23.1 Å². The summed E-state index contributed by atoms with van der Waals surface area (Å²) in [5.41, 5.74) is 2.79. The Morgan fingerprint density at radius 1 is 1.32 bits per heavy atom. The Morgan fingerprint density at radius 2 is 2.14 bits per heavy atom. The van der Waals surface area contributed by atoms with Crippen LogP contribution in [0, 0.1) is 0 Å². The minimum Gasteiger partial charge on any atom is -0.494 e. The number of carbonyl (C=O) groups is 1. The topological polar surface area (TPSA) is 99.2 Å². The van der Waals surface area contributed by atoms with E-state index < -0.39 is 0 Å². The molecular weight excluding hydrogens is 380 g/mol. The van der Waals surface area contributed by atoms with Crippen LogP contribution in [0.3, 0.4) is 0 Å². The van der Waals surface area contributed by atoms with Gasteiger partial charge in [0.2, 0.25) is 11.8 Å². The zero-order chi connectivity index (χ0) is 19.5. The molecule has 1 aliphatic rings. The van der Waals surface area contributed by atoms with Crippen LogP contribution in [0.4, 0.5) is 5.88 Å². The van der Waals surface area contributed by atoms with Gasteiger partial charge in [-0.05, 0) is 31.2 Å². The van der Waals surface area contributed by atoms with Gasteiger partial charge in [-0.3, -0.25) is 19.5 Å². The number of aromatic nitrogens is 3. The molecule has 28 heavy (non-hydrogen) atoms. The van der Waals surface area contributed by atoms with Gasteiger partial charge >= 0.3 is 0 Å². The zero-order valence-corrected chi connectivity index (χ0v) is 16.0. The lowest BCUT2D eigenvalue weighted by Gasteiger charge is -2.08. The van der Waals surface area contributed by atoms with Crippen LogP contribution in [-0.2, 0) is 22.8 Å². The summed E-state index contributed by atoms with van der Waals surface area (Å²) in [6, 6.07) is 8.74. The van der Waals surface area contributed by atoms with E-state index in [-0.39, 0.29) is 18.0 Å². The summed E-state index contributed by atoms with van der Waals surface area (Å²) in [6.07, 6.45) is 1.37. The minimum atomic E-state index is -0.367. The number of thioether (sulfide) groups is 1. The van der Waals surface area contributed by atoms with Crippen molar-refractivity contribution < 1.29 is 14.1 Å². The Morgan fingerprint density at radius 3 is 2.89 bits per heavy atom. The van der Waals surface area contributed by atoms with Crippen molar-refractivity contribution in [3.05, 3.63) is 58.3 Å². The molecule has 8 nitrogen and oxygen atoms in total. The van der Waals surface area contributed by atoms with Crippen molar-refractivity contribution in [2.75, 3.05) is 11.9 Å². The molecule has 9 heteroatoms. The molecule has 3 aromatic rings. The molecule has 0 spiro atoms. The summed E-state index contributed by atoms with van der Waals surface area (Å²) in [7, 11) is 0. The summed E-state index contributed by atoms with van der Waals surface area (Å²) in [5.74, 6) is 2.29. The Hall–Kier alpha value is -3.07. The van der Waals surface area contributed by atoms with Crippen molar-refractivity contribution in [1.29, 1.82) is 0 Å². The highest BCUT2D eigenvalue weighted by atomic mass is 32.2. The normalized spacial score (nSPS) is 12.6. The molecule has 1 amide bonds. The van der Waals surface area contributed by atoms with Crippen LogP contribution < -0.4 is 15.6 Å². The fourth-order valence-electron chi connectivity index (χ4n) is 2.86. The summed E-state index contributed by atoms with van der Waals surface area (Å²) in [5, 5.41) is 6.62. The molecule has 0 saturated carbocycles. The molecule has 1 N–H and O–H groups in total. The first-order valence-electron chi connectivity index (χ1n) is 8.79. The lowest BCUT2D eigenvalue weighted by atomic mass is 10.1. The molecule has 0 fully saturated rings. The number of carbonyl (C=O) groups excluding carboxylic acids is 1. The van der Waals surface area contributed by atoms with Gasteiger partial charge in [0.15, 0.2) is 0 Å². The second kappa shape index (κ2) is 7.89. The number of amides is 1. The fraction of sp³-hybridized carbons (Fsp3) is 0.263. The molecule has 0 atom stereocenters. The van der Waals surface area contributed by atoms with Crippen molar-refractivity contribution in [3.63, 3.8) is 0 Å². The number of nitrogens with one attached hydrogen (secondary N) is 1. The van der Waals surface area contributed by atoms with Crippen molar-refractivity contribution >= 4 is 23.6 Å². The molecule has 1 aromatic carbocycles. The maximum absolute atomic E-state index is 12.4. The number of ether oxygens (including phenoxy) is 1. The van der Waals surface area contributed by atoms with Crippen molar-refractivity contribution in [3.8, 4) is 17.0 Å². The van der Waals surface area contributed by atoms with E-state index in [9.17, 15) is 9.59 Å². The second-order valence-electron chi connectivity index (χ2n) is 6.18. The average Bonchev–Trinajstić information content (AvgIpc) is 3.30. The largest absolute Gasteiger partial charge is 0.494 e. The average molecular weight is 398 g/mol. The summed E-state index contributed by atoms with van der Waals surface area (Å²) < 4.78 is 11.8. The number of benzene rings is 1. The summed E-state index contributed by atoms with van der Waals surface area (Å²) in [6.45, 7) is 2.35. The SMILES string of the molecule is CCOc1ccc(-c2cc(=O)n(CC(=O)Nc3onc4c3CSC4)cn2)cc1. The number of fused-ring (bicyclic) bond motifs is 1. The van der Waals surface area contributed by atoms with Crippen LogP contribution >= 0.6 is 11.8 Å². The fourth-order valence-corrected chi connectivity index (χ4v) is 3.89. The van der Waals surface area contributed by atoms with Crippen LogP contribution in [0.2, 0.25) is 0 Å². The van der Waals surface area contributed by atoms with Crippen LogP contribution in [-0.4, -0.2) is 27.2 Å². The highest BCUT2D eigenvalue weighted by molar-refractivity contribution is 7.98. The number of anilines is 1. The van der Waals surface area contributed by atoms with Crippen molar-refractivity contribution in [2.24, 2.45) is 0 Å². The lowest BCUT2D eigenvalue weighted by molar-refractivity contribution is -0.116. The molecule has 0 bridgehead atoms. The molecule has 4 rings (SSSR count). The quantitative estimate of drug-likeness (QED) is 0.681. The van der Waals surface area contributed by atoms with E-state index in [1.54, 1.807) is 11.8 Å². The maximum atomic E-state index is 12.4. The van der Waals surface area contributed by atoms with E-state index >= 15 is 0 Å². The van der Waals surface area contributed by atoms with E-state index in [1.165, 1.54) is 17.0 Å². The van der Waals surface area contributed by atoms with Gasteiger partial charge in [0.05, 0.1) is 29.9 Å². The molecule has 3 heterocycles. The van der Waals surface area contributed by atoms with Gasteiger partial charge in [-0.25, -0.2) is 4.98 Å². The van der Waals surface area contributed by atoms with E-state index in [0.29, 0.717) is 18.2 Å². The minimum absolute atomic E-state index is 0.155. The monoisotopic (exact) mass is 398 g/mol. The molecule has 144 valence electrons. The second-order valence-corrected chi connectivity index (χ2v) is 7.16. The number of hydrogen-bond acceptors (Lipinski definition) is 7. The number of hydrogen-bond donors (Lipinski definition) is 1. The van der Waals surface area contributed by atoms with E-state index in [2.05, 4.69) is 15.5 Å². The van der Waals surface area contributed by atoms with Gasteiger partial charge in [-0.15, -0.1) is 0 Å². The number of nitrogens with zero attached hydrogens (tertiary/aromatic N) is 3. The zero-order valence-electron chi connectivity index (χ0n) is 15.2. The molecule has 0 unspecified atom stereocenters. The van der Waals surface area contributed by atoms with E-state index in [0.717, 1.165) is 34.1 Å². The van der Waals surface area contributed by atoms with E-state index in [4.69, 9.17) is 9.26 Å². The first kappa shape index (κ1) is 18.3. The van der Waals surface area contributed by atoms with Crippen LogP contribution in [0.15, 0.2) is 46.0 Å². The van der Waals surface area contributed by atoms with Gasteiger partial charge < -0.3 is 9.26 Å². The Bertz CT molecular complexity index is 1060.